The van der Waals surface area contributed by atoms with Crippen LogP contribution >= 0.6 is 0 Å². The maximum absolute atomic E-state index is 12.6. The van der Waals surface area contributed by atoms with Gasteiger partial charge in [0.1, 0.15) is 0 Å². The number of benzene rings is 1. The lowest BCUT2D eigenvalue weighted by Crippen LogP contribution is -2.45. The van der Waals surface area contributed by atoms with Crippen molar-refractivity contribution in [2.24, 2.45) is 0 Å². The number of nitrogens with one attached hydrogen (secondary N) is 2. The molecule has 0 saturated carbocycles. The molecule has 2 N–H and O–H groups in total. The molecule has 0 radical (unpaired) electrons. The van der Waals surface area contributed by atoms with Crippen LogP contribution in [0.3, 0.4) is 0 Å². The minimum atomic E-state index is -4.89. The summed E-state index contributed by atoms with van der Waals surface area (Å²) in [7, 11) is 0. The zero-order valence-corrected chi connectivity index (χ0v) is 14.8. The fourth-order valence-electron chi connectivity index (χ4n) is 3.20. The van der Waals surface area contributed by atoms with E-state index in [-0.39, 0.29) is 31.7 Å². The van der Waals surface area contributed by atoms with E-state index in [1.807, 2.05) is 37.4 Å². The summed E-state index contributed by atoms with van der Waals surface area (Å²) in [6.45, 7) is 2.08. The van der Waals surface area contributed by atoms with Gasteiger partial charge < -0.3 is 20.1 Å². The van der Waals surface area contributed by atoms with Gasteiger partial charge in [-0.25, -0.2) is 4.79 Å². The summed E-state index contributed by atoms with van der Waals surface area (Å²) >= 11 is 0. The van der Waals surface area contributed by atoms with E-state index in [1.54, 1.807) is 0 Å². The summed E-state index contributed by atoms with van der Waals surface area (Å²) in [4.78, 5) is 29.2. The van der Waals surface area contributed by atoms with Crippen LogP contribution in [-0.2, 0) is 4.79 Å². The van der Waals surface area contributed by atoms with Crippen LogP contribution in [0.15, 0.2) is 30.5 Å². The molecule has 0 bridgehead atoms. The topological polar surface area (TPSA) is 68.4 Å². The fraction of sp³-hybridized carbons (Fsp3) is 0.444. The third-order valence-electron chi connectivity index (χ3n) is 4.73. The Labute approximate surface area is 154 Å². The Hall–Kier alpha value is -2.71. The summed E-state index contributed by atoms with van der Waals surface area (Å²) in [5.74, 6) is -1.85. The molecule has 0 spiro atoms. The van der Waals surface area contributed by atoms with Gasteiger partial charge in [-0.1, -0.05) is 6.07 Å². The van der Waals surface area contributed by atoms with Crippen LogP contribution in [0.5, 0.6) is 0 Å². The second-order valence-corrected chi connectivity index (χ2v) is 6.63. The van der Waals surface area contributed by atoms with Crippen molar-refractivity contribution in [3.63, 3.8) is 0 Å². The van der Waals surface area contributed by atoms with Crippen LogP contribution in [0, 0.1) is 0 Å². The third-order valence-corrected chi connectivity index (χ3v) is 4.73. The molecule has 3 amide bonds. The predicted molar refractivity (Wildman–Crippen MR) is 94.1 cm³/mol. The molecule has 1 saturated heterocycles. The number of carbonyl (C=O) groups is 2. The van der Waals surface area contributed by atoms with Crippen LogP contribution in [-0.4, -0.2) is 59.1 Å². The van der Waals surface area contributed by atoms with Gasteiger partial charge >= 0.3 is 18.1 Å². The van der Waals surface area contributed by atoms with Crippen molar-refractivity contribution in [2.75, 3.05) is 26.2 Å². The number of hydrogen-bond acceptors (Lipinski definition) is 2. The number of halogens is 3. The zero-order valence-electron chi connectivity index (χ0n) is 14.8. The Bertz CT molecular complexity index is 833. The number of fused-ring (bicyclic) bond motifs is 1. The van der Waals surface area contributed by atoms with Gasteiger partial charge in [0, 0.05) is 37.9 Å². The summed E-state index contributed by atoms with van der Waals surface area (Å²) in [6, 6.07) is 7.15. The average Bonchev–Trinajstić information content (AvgIpc) is 2.94. The van der Waals surface area contributed by atoms with Crippen LogP contribution in [0.1, 0.15) is 24.9 Å². The lowest BCUT2D eigenvalue weighted by Gasteiger charge is -2.25. The van der Waals surface area contributed by atoms with Crippen molar-refractivity contribution in [1.29, 1.82) is 0 Å². The lowest BCUT2D eigenvalue weighted by atomic mass is 10.1. The Morgan fingerprint density at radius 1 is 1.11 bits per heavy atom. The Morgan fingerprint density at radius 3 is 2.56 bits per heavy atom. The normalized spacial score (nSPS) is 16.9. The number of urea groups is 1. The molecular formula is C18H21F3N4O2. The smallest absolute Gasteiger partial charge is 0.361 e. The average molecular weight is 382 g/mol. The molecule has 2 heterocycles. The summed E-state index contributed by atoms with van der Waals surface area (Å²) < 4.78 is 37.7. The first-order valence-corrected chi connectivity index (χ1v) is 8.74. The highest BCUT2D eigenvalue weighted by Crippen LogP contribution is 2.21. The molecule has 6 nitrogen and oxygen atoms in total. The number of rotatable bonds is 2. The highest BCUT2D eigenvalue weighted by atomic mass is 19.4. The molecular weight excluding hydrogens is 361 g/mol. The molecule has 0 aliphatic carbocycles. The molecule has 1 unspecified atom stereocenters. The number of nitrogens with zero attached hydrogens (tertiary/aromatic N) is 2. The molecule has 1 aliphatic rings. The highest BCUT2D eigenvalue weighted by molar-refractivity contribution is 5.82. The predicted octanol–water partition coefficient (Wildman–Crippen LogP) is 3.04. The van der Waals surface area contributed by atoms with E-state index >= 15 is 0 Å². The van der Waals surface area contributed by atoms with Gasteiger partial charge in [-0.3, -0.25) is 4.79 Å². The fourth-order valence-corrected chi connectivity index (χ4v) is 3.20. The van der Waals surface area contributed by atoms with Gasteiger partial charge in [-0.05, 0) is 42.5 Å². The minimum Gasteiger partial charge on any atom is -0.361 e. The molecule has 2 aromatic rings. The van der Waals surface area contributed by atoms with Gasteiger partial charge in [0.15, 0.2) is 0 Å². The molecule has 1 aliphatic heterocycles. The summed E-state index contributed by atoms with van der Waals surface area (Å²) in [5.41, 5.74) is 1.93. The number of aromatic nitrogens is 1. The molecule has 1 fully saturated rings. The van der Waals surface area contributed by atoms with E-state index in [1.165, 1.54) is 4.90 Å². The molecule has 1 atom stereocenters. The zero-order chi connectivity index (χ0) is 19.6. The van der Waals surface area contributed by atoms with Gasteiger partial charge in [0.25, 0.3) is 0 Å². The van der Waals surface area contributed by atoms with Crippen molar-refractivity contribution in [1.82, 2.24) is 20.1 Å². The Balaban J connectivity index is 1.59. The molecule has 9 heteroatoms. The lowest BCUT2D eigenvalue weighted by molar-refractivity contribution is -0.185. The number of carbonyl (C=O) groups excluding carboxylic acids is 2. The number of amides is 3. The van der Waals surface area contributed by atoms with Gasteiger partial charge in [-0.15, -0.1) is 0 Å². The first kappa shape index (κ1) is 19.1. The van der Waals surface area contributed by atoms with E-state index in [9.17, 15) is 22.8 Å². The van der Waals surface area contributed by atoms with Crippen molar-refractivity contribution < 1.29 is 22.8 Å². The van der Waals surface area contributed by atoms with Gasteiger partial charge in [-0.2, -0.15) is 13.2 Å². The Kier molecular flexibility index (Phi) is 5.29. The van der Waals surface area contributed by atoms with Crippen molar-refractivity contribution in [3.8, 4) is 0 Å². The second-order valence-electron chi connectivity index (χ2n) is 6.63. The van der Waals surface area contributed by atoms with Crippen LogP contribution in [0.2, 0.25) is 0 Å². The molecule has 146 valence electrons. The Morgan fingerprint density at radius 2 is 1.81 bits per heavy atom. The molecule has 1 aromatic heterocycles. The number of H-pyrrole nitrogens is 1. The molecule has 3 rings (SSSR count). The van der Waals surface area contributed by atoms with E-state index in [4.69, 9.17) is 0 Å². The van der Waals surface area contributed by atoms with Gasteiger partial charge in [0.05, 0.1) is 6.04 Å². The standard InChI is InChI=1S/C18H21F3N4O2/c1-12(13-3-4-15-14(11-13)5-6-22-15)23-17(27)25-8-2-7-24(9-10-25)16(26)18(19,20)21/h3-6,11-12,22H,2,7-10H2,1H3,(H,23,27). The van der Waals surface area contributed by atoms with Crippen molar-refractivity contribution >= 4 is 22.8 Å². The minimum absolute atomic E-state index is 0.0121. The van der Waals surface area contributed by atoms with E-state index in [0.29, 0.717) is 13.0 Å². The van der Waals surface area contributed by atoms with Crippen molar-refractivity contribution in [3.05, 3.63) is 36.0 Å². The van der Waals surface area contributed by atoms with Gasteiger partial charge in [0.2, 0.25) is 0 Å². The maximum Gasteiger partial charge on any atom is 0.471 e. The molecule has 1 aromatic carbocycles. The van der Waals surface area contributed by atoms with Crippen LogP contribution in [0.4, 0.5) is 18.0 Å². The SMILES string of the molecule is CC(NC(=O)N1CCCN(C(=O)C(F)(F)F)CC1)c1ccc2[nH]ccc2c1. The summed E-state index contributed by atoms with van der Waals surface area (Å²) in [6.07, 6.45) is -2.75. The van der Waals surface area contributed by atoms with E-state index in [0.717, 1.165) is 21.4 Å². The van der Waals surface area contributed by atoms with Crippen LogP contribution in [0.25, 0.3) is 10.9 Å². The van der Waals surface area contributed by atoms with E-state index < -0.39 is 12.1 Å². The summed E-state index contributed by atoms with van der Waals surface area (Å²) in [5, 5.41) is 3.91. The highest BCUT2D eigenvalue weighted by Gasteiger charge is 2.42. The quantitative estimate of drug-likeness (QED) is 0.838. The largest absolute Gasteiger partial charge is 0.471 e. The second kappa shape index (κ2) is 7.50. The van der Waals surface area contributed by atoms with E-state index in [2.05, 4.69) is 10.3 Å². The number of aromatic amines is 1. The molecule has 27 heavy (non-hydrogen) atoms. The van der Waals surface area contributed by atoms with Crippen molar-refractivity contribution in [2.45, 2.75) is 25.6 Å². The first-order chi connectivity index (χ1) is 12.8. The number of alkyl halides is 3. The maximum atomic E-state index is 12.6. The third kappa shape index (κ3) is 4.35. The first-order valence-electron chi connectivity index (χ1n) is 8.74. The van der Waals surface area contributed by atoms with Crippen LogP contribution < -0.4 is 5.32 Å². The monoisotopic (exact) mass is 382 g/mol. The number of hydrogen-bond donors (Lipinski definition) is 2.